The van der Waals surface area contributed by atoms with Crippen molar-refractivity contribution < 1.29 is 9.59 Å². The Balaban J connectivity index is 1.24. The normalized spacial score (nSPS) is 34.8. The van der Waals surface area contributed by atoms with Crippen molar-refractivity contribution in [3.8, 4) is 0 Å². The van der Waals surface area contributed by atoms with Crippen molar-refractivity contribution in [1.29, 1.82) is 0 Å². The fourth-order valence-corrected chi connectivity index (χ4v) is 6.70. The van der Waals surface area contributed by atoms with E-state index in [1.165, 1.54) is 19.3 Å². The van der Waals surface area contributed by atoms with Crippen LogP contribution in [0.3, 0.4) is 0 Å². The van der Waals surface area contributed by atoms with Gasteiger partial charge in [-0.15, -0.1) is 0 Å². The third-order valence-electron chi connectivity index (χ3n) is 7.64. The van der Waals surface area contributed by atoms with Gasteiger partial charge in [-0.05, 0) is 75.3 Å². The number of nitrogens with zero attached hydrogens (tertiary/aromatic N) is 2. The zero-order chi connectivity index (χ0) is 18.6. The zero-order valence-electron chi connectivity index (χ0n) is 16.3. The first-order valence-electron chi connectivity index (χ1n) is 10.7. The van der Waals surface area contributed by atoms with E-state index in [0.29, 0.717) is 32.1 Å². The number of hydrogen-bond donors (Lipinski definition) is 0. The standard InChI is InChI=1S/C23H30N2O2/c1-16-2-4-20(5-3-16)21(26)24-6-8-25(9-7-24)22(27)23-13-17-10-18(14-23)12-19(11-17)15-23/h2-5,17-19H,6-15H2,1H3. The van der Waals surface area contributed by atoms with E-state index < -0.39 is 0 Å². The Labute approximate surface area is 161 Å². The molecule has 4 heteroatoms. The summed E-state index contributed by atoms with van der Waals surface area (Å²) in [6.07, 6.45) is 7.48. The molecule has 27 heavy (non-hydrogen) atoms. The number of amides is 2. The molecular formula is C23H30N2O2. The fourth-order valence-electron chi connectivity index (χ4n) is 6.70. The molecule has 0 unspecified atom stereocenters. The molecule has 144 valence electrons. The van der Waals surface area contributed by atoms with E-state index >= 15 is 0 Å². The third kappa shape index (κ3) is 2.97. The molecule has 4 saturated carbocycles. The lowest BCUT2D eigenvalue weighted by Gasteiger charge is -2.57. The van der Waals surface area contributed by atoms with Gasteiger partial charge in [0.25, 0.3) is 5.91 Å². The van der Waals surface area contributed by atoms with Crippen LogP contribution in [0.25, 0.3) is 0 Å². The summed E-state index contributed by atoms with van der Waals surface area (Å²) in [5.41, 5.74) is 1.86. The van der Waals surface area contributed by atoms with E-state index in [2.05, 4.69) is 4.90 Å². The molecule has 4 bridgehead atoms. The second kappa shape index (κ2) is 6.35. The van der Waals surface area contributed by atoms with Crippen LogP contribution < -0.4 is 0 Å². The van der Waals surface area contributed by atoms with Gasteiger partial charge in [-0.1, -0.05) is 17.7 Å². The third-order valence-corrected chi connectivity index (χ3v) is 7.64. The lowest BCUT2D eigenvalue weighted by molar-refractivity contribution is -0.159. The molecule has 0 N–H and O–H groups in total. The van der Waals surface area contributed by atoms with Crippen LogP contribution in [-0.4, -0.2) is 47.8 Å². The molecule has 4 aliphatic carbocycles. The van der Waals surface area contributed by atoms with Crippen molar-refractivity contribution in [3.05, 3.63) is 35.4 Å². The quantitative estimate of drug-likeness (QED) is 0.804. The van der Waals surface area contributed by atoms with E-state index in [4.69, 9.17) is 0 Å². The van der Waals surface area contributed by atoms with Crippen LogP contribution in [0.5, 0.6) is 0 Å². The molecular weight excluding hydrogens is 336 g/mol. The highest BCUT2D eigenvalue weighted by Gasteiger charge is 2.55. The van der Waals surface area contributed by atoms with E-state index in [1.54, 1.807) is 0 Å². The monoisotopic (exact) mass is 366 g/mol. The van der Waals surface area contributed by atoms with Crippen LogP contribution in [0.15, 0.2) is 24.3 Å². The van der Waals surface area contributed by atoms with Crippen LogP contribution in [0, 0.1) is 30.1 Å². The molecule has 1 saturated heterocycles. The maximum atomic E-state index is 13.5. The van der Waals surface area contributed by atoms with Crippen molar-refractivity contribution in [2.45, 2.75) is 45.4 Å². The Kier molecular flexibility index (Phi) is 4.06. The van der Waals surface area contributed by atoms with E-state index in [9.17, 15) is 9.59 Å². The molecule has 0 spiro atoms. The van der Waals surface area contributed by atoms with Crippen LogP contribution in [0.4, 0.5) is 0 Å². The number of carbonyl (C=O) groups excluding carboxylic acids is 2. The zero-order valence-corrected chi connectivity index (χ0v) is 16.3. The summed E-state index contributed by atoms with van der Waals surface area (Å²) in [4.78, 5) is 30.2. The molecule has 0 aromatic heterocycles. The fraction of sp³-hybridized carbons (Fsp3) is 0.652. The minimum absolute atomic E-state index is 0.0577. The highest BCUT2D eigenvalue weighted by molar-refractivity contribution is 5.94. The average molecular weight is 367 g/mol. The molecule has 4 nitrogen and oxygen atoms in total. The van der Waals surface area contributed by atoms with Gasteiger partial charge in [0.05, 0.1) is 5.41 Å². The maximum Gasteiger partial charge on any atom is 0.253 e. The Morgan fingerprint density at radius 2 is 1.30 bits per heavy atom. The van der Waals surface area contributed by atoms with Gasteiger partial charge in [0.15, 0.2) is 0 Å². The summed E-state index contributed by atoms with van der Waals surface area (Å²) in [7, 11) is 0. The topological polar surface area (TPSA) is 40.6 Å². The molecule has 1 aliphatic heterocycles. The minimum atomic E-state index is -0.0577. The van der Waals surface area contributed by atoms with Crippen LogP contribution in [-0.2, 0) is 4.79 Å². The Morgan fingerprint density at radius 3 is 1.81 bits per heavy atom. The molecule has 2 amide bonds. The van der Waals surface area contributed by atoms with Gasteiger partial charge in [-0.3, -0.25) is 9.59 Å². The molecule has 5 fully saturated rings. The first-order chi connectivity index (χ1) is 13.0. The summed E-state index contributed by atoms with van der Waals surface area (Å²) in [6.45, 7) is 4.73. The number of piperazine rings is 1. The van der Waals surface area contributed by atoms with Gasteiger partial charge in [0.2, 0.25) is 5.91 Å². The van der Waals surface area contributed by atoms with Crippen molar-refractivity contribution in [1.82, 2.24) is 9.80 Å². The van der Waals surface area contributed by atoms with Gasteiger partial charge >= 0.3 is 0 Å². The largest absolute Gasteiger partial charge is 0.339 e. The first kappa shape index (κ1) is 17.3. The smallest absolute Gasteiger partial charge is 0.253 e. The second-order valence-electron chi connectivity index (χ2n) is 9.65. The maximum absolute atomic E-state index is 13.5. The van der Waals surface area contributed by atoms with Crippen LogP contribution in [0.2, 0.25) is 0 Å². The Bertz CT molecular complexity index is 711. The van der Waals surface area contributed by atoms with Crippen molar-refractivity contribution >= 4 is 11.8 Å². The van der Waals surface area contributed by atoms with Crippen molar-refractivity contribution in [3.63, 3.8) is 0 Å². The van der Waals surface area contributed by atoms with E-state index in [-0.39, 0.29) is 11.3 Å². The highest BCUT2D eigenvalue weighted by atomic mass is 16.2. The summed E-state index contributed by atoms with van der Waals surface area (Å²) in [5, 5.41) is 0. The summed E-state index contributed by atoms with van der Waals surface area (Å²) in [5.74, 6) is 2.89. The predicted molar refractivity (Wildman–Crippen MR) is 104 cm³/mol. The lowest BCUT2D eigenvalue weighted by atomic mass is 9.49. The molecule has 6 rings (SSSR count). The van der Waals surface area contributed by atoms with Crippen LogP contribution >= 0.6 is 0 Å². The number of carbonyl (C=O) groups is 2. The summed E-state index contributed by atoms with van der Waals surface area (Å²) < 4.78 is 0. The number of benzene rings is 1. The second-order valence-corrected chi connectivity index (χ2v) is 9.65. The minimum Gasteiger partial charge on any atom is -0.339 e. The van der Waals surface area contributed by atoms with Crippen molar-refractivity contribution in [2.24, 2.45) is 23.2 Å². The van der Waals surface area contributed by atoms with Gasteiger partial charge in [0.1, 0.15) is 0 Å². The van der Waals surface area contributed by atoms with Crippen LogP contribution in [0.1, 0.15) is 54.4 Å². The van der Waals surface area contributed by atoms with Gasteiger partial charge in [0, 0.05) is 31.7 Å². The average Bonchev–Trinajstić information content (AvgIpc) is 2.66. The van der Waals surface area contributed by atoms with Gasteiger partial charge in [-0.2, -0.15) is 0 Å². The molecule has 5 aliphatic rings. The summed E-state index contributed by atoms with van der Waals surface area (Å²) in [6, 6.07) is 7.79. The molecule has 0 atom stereocenters. The Hall–Kier alpha value is -1.84. The van der Waals surface area contributed by atoms with E-state index in [1.807, 2.05) is 36.1 Å². The number of hydrogen-bond acceptors (Lipinski definition) is 2. The summed E-state index contributed by atoms with van der Waals surface area (Å²) >= 11 is 0. The molecule has 0 radical (unpaired) electrons. The molecule has 1 heterocycles. The number of rotatable bonds is 2. The Morgan fingerprint density at radius 1 is 0.815 bits per heavy atom. The predicted octanol–water partition coefficient (Wildman–Crippen LogP) is 3.50. The molecule has 1 aromatic rings. The SMILES string of the molecule is Cc1ccc(C(=O)N2CCN(C(=O)C34CC5CC(CC(C5)C3)C4)CC2)cc1. The van der Waals surface area contributed by atoms with Crippen molar-refractivity contribution in [2.75, 3.05) is 26.2 Å². The van der Waals surface area contributed by atoms with Gasteiger partial charge < -0.3 is 9.80 Å². The molecule has 1 aromatic carbocycles. The number of aryl methyl sites for hydroxylation is 1. The van der Waals surface area contributed by atoms with E-state index in [0.717, 1.165) is 48.1 Å². The first-order valence-corrected chi connectivity index (χ1v) is 10.7. The lowest BCUT2D eigenvalue weighted by Crippen LogP contribution is -2.58. The van der Waals surface area contributed by atoms with Gasteiger partial charge in [-0.25, -0.2) is 0 Å². The highest BCUT2D eigenvalue weighted by Crippen LogP contribution is 2.60.